The number of hydrogen-bond donors (Lipinski definition) is 2. The van der Waals surface area contributed by atoms with Crippen LogP contribution in [0.1, 0.15) is 44.2 Å². The summed E-state index contributed by atoms with van der Waals surface area (Å²) in [5.41, 5.74) is 2.28. The zero-order valence-electron chi connectivity index (χ0n) is 21.2. The molecule has 9 heteroatoms. The highest BCUT2D eigenvalue weighted by Crippen LogP contribution is 2.64. The number of methoxy groups -OCH3 is 1. The fourth-order valence-corrected chi connectivity index (χ4v) is 7.01. The molecule has 0 aromatic heterocycles. The van der Waals surface area contributed by atoms with Crippen LogP contribution in [-0.4, -0.2) is 72.8 Å². The number of rotatable bonds is 7. The minimum absolute atomic E-state index is 0.231. The van der Waals surface area contributed by atoms with Crippen molar-refractivity contribution in [2.75, 3.05) is 20.7 Å². The van der Waals surface area contributed by atoms with Crippen molar-refractivity contribution in [2.24, 2.45) is 11.8 Å². The Kier molecular flexibility index (Phi) is 6.22. The minimum atomic E-state index is -1.12. The summed E-state index contributed by atoms with van der Waals surface area (Å²) in [6.45, 7) is 4.34. The fourth-order valence-electron chi connectivity index (χ4n) is 7.01. The molecule has 2 N–H and O–H groups in total. The number of piperidine rings is 1. The lowest BCUT2D eigenvalue weighted by molar-refractivity contribution is -0.160. The quantitative estimate of drug-likeness (QED) is 0.434. The number of aliphatic carboxylic acids is 1. The lowest BCUT2D eigenvalue weighted by atomic mass is 9.51. The van der Waals surface area contributed by atoms with Crippen LogP contribution in [0.5, 0.6) is 11.5 Å². The summed E-state index contributed by atoms with van der Waals surface area (Å²) in [7, 11) is 3.83. The van der Waals surface area contributed by atoms with E-state index in [2.05, 4.69) is 23.3 Å². The first-order valence-corrected chi connectivity index (χ1v) is 12.7. The zero-order chi connectivity index (χ0) is 25.8. The topological polar surface area (TPSA) is 114 Å². The van der Waals surface area contributed by atoms with Gasteiger partial charge in [0.15, 0.2) is 11.5 Å². The maximum absolute atomic E-state index is 12.7. The van der Waals surface area contributed by atoms with Gasteiger partial charge in [0.25, 0.3) is 0 Å². The summed E-state index contributed by atoms with van der Waals surface area (Å²) in [5, 5.41) is 11.7. The number of likely N-dealkylation sites (N-methyl/N-ethyl adjacent to an activating group) is 1. The van der Waals surface area contributed by atoms with Gasteiger partial charge < -0.3 is 29.5 Å². The number of amides is 1. The van der Waals surface area contributed by atoms with Gasteiger partial charge in [-0.05, 0) is 62.7 Å². The number of carboxylic acids is 1. The van der Waals surface area contributed by atoms with E-state index >= 15 is 0 Å². The molecule has 6 atom stereocenters. The molecule has 2 unspecified atom stereocenters. The Morgan fingerprint density at radius 2 is 2.03 bits per heavy atom. The summed E-state index contributed by atoms with van der Waals surface area (Å²) in [5.74, 6) is -0.830. The van der Waals surface area contributed by atoms with Gasteiger partial charge in [-0.25, -0.2) is 9.59 Å². The first-order valence-electron chi connectivity index (χ1n) is 12.7. The number of carbonyl (C=O) groups is 3. The minimum Gasteiger partial charge on any atom is -0.493 e. The number of benzene rings is 1. The molecule has 36 heavy (non-hydrogen) atoms. The highest BCUT2D eigenvalue weighted by molar-refractivity contribution is 5.96. The van der Waals surface area contributed by atoms with E-state index in [0.29, 0.717) is 24.1 Å². The van der Waals surface area contributed by atoms with E-state index in [9.17, 15) is 19.5 Å². The van der Waals surface area contributed by atoms with Gasteiger partial charge in [0.2, 0.25) is 5.91 Å². The number of hydrogen-bond acceptors (Lipinski definition) is 7. The molecule has 0 radical (unpaired) electrons. The van der Waals surface area contributed by atoms with Gasteiger partial charge in [0.1, 0.15) is 18.2 Å². The van der Waals surface area contributed by atoms with Crippen LogP contribution in [0, 0.1) is 11.8 Å². The average Bonchev–Trinajstić information content (AvgIpc) is 3.19. The largest absolute Gasteiger partial charge is 0.493 e. The van der Waals surface area contributed by atoms with Crippen molar-refractivity contribution in [1.82, 2.24) is 10.2 Å². The lowest BCUT2D eigenvalue weighted by Crippen LogP contribution is -2.66. The predicted octanol–water partition coefficient (Wildman–Crippen LogP) is 2.06. The molecule has 2 bridgehead atoms. The Balaban J connectivity index is 1.36. The molecular formula is C27H34N2O7. The Hall–Kier alpha value is -3.07. The molecule has 5 rings (SSSR count). The van der Waals surface area contributed by atoms with E-state index in [1.165, 1.54) is 11.1 Å². The van der Waals surface area contributed by atoms with Gasteiger partial charge in [0.05, 0.1) is 7.11 Å². The number of likely N-dealkylation sites (tertiary alicyclic amines) is 1. The molecule has 1 spiro atoms. The standard InChI is InChI=1S/C27H34N2O7/c1-14(2)23(26(32)33)28-20(30)9-10-21(31)35-19-8-6-16-17-13-15-5-7-18(34-4)24-22(15)27(16,25(19)36-24)11-12-29(17)3/h5,7,9-10,14,16-17,19,23,25H,6,8,11-13H2,1-4H3,(H,28,30)(H,32,33)/t16?,17-,19+,23?,25+,27+/m1/s1. The van der Waals surface area contributed by atoms with Crippen molar-refractivity contribution in [1.29, 1.82) is 0 Å². The third kappa shape index (κ3) is 3.75. The predicted molar refractivity (Wildman–Crippen MR) is 130 cm³/mol. The van der Waals surface area contributed by atoms with Crippen molar-refractivity contribution < 1.29 is 33.7 Å². The smallest absolute Gasteiger partial charge is 0.331 e. The second-order valence-corrected chi connectivity index (χ2v) is 10.8. The second-order valence-electron chi connectivity index (χ2n) is 10.8. The first kappa shape index (κ1) is 24.6. The molecular weight excluding hydrogens is 464 g/mol. The van der Waals surface area contributed by atoms with E-state index in [-0.39, 0.29) is 17.4 Å². The molecule has 9 nitrogen and oxygen atoms in total. The van der Waals surface area contributed by atoms with Crippen LogP contribution >= 0.6 is 0 Å². The summed E-state index contributed by atoms with van der Waals surface area (Å²) >= 11 is 0. The van der Waals surface area contributed by atoms with Crippen LogP contribution in [0.25, 0.3) is 0 Å². The Bertz CT molecular complexity index is 1120. The Labute approximate surface area is 210 Å². The average molecular weight is 499 g/mol. The molecule has 4 aliphatic rings. The normalized spacial score (nSPS) is 30.9. The second kappa shape index (κ2) is 9.10. The van der Waals surface area contributed by atoms with Crippen LogP contribution in [0.4, 0.5) is 0 Å². The summed E-state index contributed by atoms with van der Waals surface area (Å²) < 4.78 is 18.1. The molecule has 2 heterocycles. The maximum atomic E-state index is 12.7. The van der Waals surface area contributed by atoms with Crippen LogP contribution < -0.4 is 14.8 Å². The van der Waals surface area contributed by atoms with Crippen LogP contribution in [0.2, 0.25) is 0 Å². The van der Waals surface area contributed by atoms with E-state index in [0.717, 1.165) is 43.7 Å². The number of nitrogens with one attached hydrogen (secondary N) is 1. The summed E-state index contributed by atoms with van der Waals surface area (Å²) in [6.07, 6.45) is 4.79. The zero-order valence-corrected chi connectivity index (χ0v) is 21.2. The molecule has 1 saturated carbocycles. The molecule has 1 aromatic rings. The number of esters is 1. The van der Waals surface area contributed by atoms with E-state index in [1.54, 1.807) is 21.0 Å². The Morgan fingerprint density at radius 1 is 1.25 bits per heavy atom. The third-order valence-electron chi connectivity index (χ3n) is 8.61. The van der Waals surface area contributed by atoms with Crippen LogP contribution in [0.3, 0.4) is 0 Å². The number of ether oxygens (including phenoxy) is 3. The monoisotopic (exact) mass is 498 g/mol. The SMILES string of the molecule is COc1ccc2c3c1O[C@H]1[C@@H](OC(=O)C=CC(=O)NC(C(=O)O)C(C)C)CCC4[C@@H](C2)N(C)CC[C@@]341. The van der Waals surface area contributed by atoms with Crippen molar-refractivity contribution in [3.8, 4) is 11.5 Å². The molecule has 1 amide bonds. The molecule has 2 aliphatic heterocycles. The lowest BCUT2D eigenvalue weighted by Gasteiger charge is -2.58. The van der Waals surface area contributed by atoms with E-state index in [1.807, 2.05) is 6.07 Å². The van der Waals surface area contributed by atoms with Gasteiger partial charge in [-0.2, -0.15) is 0 Å². The van der Waals surface area contributed by atoms with Gasteiger partial charge in [-0.15, -0.1) is 0 Å². The Morgan fingerprint density at radius 3 is 2.72 bits per heavy atom. The van der Waals surface area contributed by atoms with Gasteiger partial charge in [0, 0.05) is 29.2 Å². The van der Waals surface area contributed by atoms with Gasteiger partial charge >= 0.3 is 11.9 Å². The van der Waals surface area contributed by atoms with E-state index in [4.69, 9.17) is 14.2 Å². The van der Waals surface area contributed by atoms with Crippen LogP contribution in [-0.2, 0) is 31.0 Å². The van der Waals surface area contributed by atoms with Crippen molar-refractivity contribution in [3.05, 3.63) is 35.4 Å². The number of carbonyl (C=O) groups excluding carboxylic acids is 2. The highest BCUT2D eigenvalue weighted by Gasteiger charge is 2.66. The van der Waals surface area contributed by atoms with Gasteiger partial charge in [-0.3, -0.25) is 4.79 Å². The molecule has 2 aliphatic carbocycles. The summed E-state index contributed by atoms with van der Waals surface area (Å²) in [6, 6.07) is 3.49. The number of nitrogens with zero attached hydrogens (tertiary/aromatic N) is 1. The third-order valence-corrected chi connectivity index (χ3v) is 8.61. The molecule has 1 saturated heterocycles. The van der Waals surface area contributed by atoms with Gasteiger partial charge in [-0.1, -0.05) is 19.9 Å². The summed E-state index contributed by atoms with van der Waals surface area (Å²) in [4.78, 5) is 38.7. The maximum Gasteiger partial charge on any atom is 0.331 e. The number of carboxylic acid groups (broad SMARTS) is 1. The first-order chi connectivity index (χ1) is 17.2. The van der Waals surface area contributed by atoms with E-state index < -0.39 is 30.0 Å². The molecule has 194 valence electrons. The molecule has 2 fully saturated rings. The van der Waals surface area contributed by atoms with Crippen molar-refractivity contribution >= 4 is 17.8 Å². The fraction of sp³-hybridized carbons (Fsp3) is 0.593. The molecule has 1 aromatic carbocycles. The van der Waals surface area contributed by atoms with Crippen LogP contribution in [0.15, 0.2) is 24.3 Å². The highest BCUT2D eigenvalue weighted by atomic mass is 16.6. The van der Waals surface area contributed by atoms with Crippen molar-refractivity contribution in [2.45, 2.75) is 69.2 Å². The van der Waals surface area contributed by atoms with Crippen molar-refractivity contribution in [3.63, 3.8) is 0 Å².